The summed E-state index contributed by atoms with van der Waals surface area (Å²) in [4.78, 5) is 5.18. The number of hydrogen-bond acceptors (Lipinski definition) is 2. The van der Waals surface area contributed by atoms with Gasteiger partial charge in [0.15, 0.2) is 0 Å². The van der Waals surface area contributed by atoms with Crippen LogP contribution in [-0.2, 0) is 0 Å². The van der Waals surface area contributed by atoms with Crippen molar-refractivity contribution in [3.05, 3.63) is 108 Å². The van der Waals surface area contributed by atoms with E-state index in [0.29, 0.717) is 0 Å². The van der Waals surface area contributed by atoms with Crippen LogP contribution in [-0.4, -0.2) is 0 Å². The van der Waals surface area contributed by atoms with Crippen LogP contribution in [0.3, 0.4) is 0 Å². The Bertz CT molecular complexity index is 1010. The predicted octanol–water partition coefficient (Wildman–Crippen LogP) is 8.27. The molecule has 0 bridgehead atoms. The van der Waals surface area contributed by atoms with E-state index in [9.17, 15) is 0 Å². The van der Waals surface area contributed by atoms with E-state index in [1.54, 1.807) is 0 Å². The maximum Gasteiger partial charge on any atom is 0.0201 e. The molecule has 0 atom stereocenters. The first-order valence-corrected chi connectivity index (χ1v) is 11.0. The Morgan fingerprint density at radius 1 is 0.393 bits per heavy atom. The molecule has 0 aliphatic heterocycles. The van der Waals surface area contributed by atoms with E-state index in [-0.39, 0.29) is 0 Å². The number of rotatable bonds is 5. The molecule has 0 unspecified atom stereocenters. The number of aryl methyl sites for hydroxylation is 2. The Balaban J connectivity index is 1.75. The molecule has 0 aliphatic carbocycles. The van der Waals surface area contributed by atoms with Crippen LogP contribution in [0.15, 0.2) is 117 Å². The summed E-state index contributed by atoms with van der Waals surface area (Å²) in [5.41, 5.74) is 5.19. The van der Waals surface area contributed by atoms with Gasteiger partial charge in [0, 0.05) is 19.6 Å². The van der Waals surface area contributed by atoms with Crippen LogP contribution < -0.4 is 0 Å². The van der Waals surface area contributed by atoms with Crippen LogP contribution >= 0.6 is 23.5 Å². The van der Waals surface area contributed by atoms with E-state index in [1.807, 2.05) is 23.5 Å². The lowest BCUT2D eigenvalue weighted by Crippen LogP contribution is -1.87. The van der Waals surface area contributed by atoms with E-state index in [0.717, 1.165) is 0 Å². The van der Waals surface area contributed by atoms with Gasteiger partial charge in [0.25, 0.3) is 0 Å². The van der Waals surface area contributed by atoms with Crippen LogP contribution in [0.1, 0.15) is 11.1 Å². The van der Waals surface area contributed by atoms with Crippen molar-refractivity contribution in [3.8, 4) is 11.1 Å². The van der Waals surface area contributed by atoms with Gasteiger partial charge in [-0.15, -0.1) is 0 Å². The molecule has 138 valence electrons. The molecule has 0 saturated heterocycles. The molecule has 0 saturated carbocycles. The van der Waals surface area contributed by atoms with Crippen molar-refractivity contribution >= 4 is 23.5 Å². The molecular weight excluding hydrogens is 376 g/mol. The zero-order chi connectivity index (χ0) is 19.3. The van der Waals surface area contributed by atoms with Gasteiger partial charge < -0.3 is 0 Å². The van der Waals surface area contributed by atoms with Gasteiger partial charge in [-0.25, -0.2) is 0 Å². The van der Waals surface area contributed by atoms with Crippen LogP contribution in [0.2, 0.25) is 0 Å². The lowest BCUT2D eigenvalue weighted by molar-refractivity contribution is 1.28. The van der Waals surface area contributed by atoms with E-state index < -0.39 is 0 Å². The zero-order valence-electron chi connectivity index (χ0n) is 16.1. The highest BCUT2D eigenvalue weighted by Gasteiger charge is 2.12. The molecule has 2 heteroatoms. The Morgan fingerprint density at radius 3 is 1.11 bits per heavy atom. The van der Waals surface area contributed by atoms with Crippen molar-refractivity contribution in [1.82, 2.24) is 0 Å². The standard InChI is InChI=1S/C26H22S2/c1-19-11-3-7-15-23(19)27-25-17-9-5-13-21(25)22-14-6-10-18-26(22)28-24-16-8-4-12-20(24)2/h3-18H,1-2H3. The summed E-state index contributed by atoms with van der Waals surface area (Å²) in [5.74, 6) is 0. The average molecular weight is 399 g/mol. The van der Waals surface area contributed by atoms with E-state index in [4.69, 9.17) is 0 Å². The Hall–Kier alpha value is -2.42. The summed E-state index contributed by atoms with van der Waals surface area (Å²) >= 11 is 3.69. The molecule has 4 rings (SSSR count). The second-order valence-electron chi connectivity index (χ2n) is 6.73. The molecule has 0 N–H and O–H groups in total. The van der Waals surface area contributed by atoms with E-state index in [1.165, 1.54) is 41.8 Å². The first-order chi connectivity index (χ1) is 13.7. The van der Waals surface area contributed by atoms with Gasteiger partial charge in [-0.3, -0.25) is 0 Å². The summed E-state index contributed by atoms with van der Waals surface area (Å²) in [6, 6.07) is 34.6. The smallest absolute Gasteiger partial charge is 0.0201 e. The largest absolute Gasteiger partial charge is 0.0892 e. The summed E-state index contributed by atoms with van der Waals surface area (Å²) in [6.45, 7) is 4.35. The van der Waals surface area contributed by atoms with Crippen molar-refractivity contribution in [2.24, 2.45) is 0 Å². The fourth-order valence-electron chi connectivity index (χ4n) is 3.14. The fourth-order valence-corrected chi connectivity index (χ4v) is 5.23. The van der Waals surface area contributed by atoms with Crippen LogP contribution in [0.25, 0.3) is 11.1 Å². The highest BCUT2D eigenvalue weighted by Crippen LogP contribution is 2.42. The zero-order valence-corrected chi connectivity index (χ0v) is 17.7. The van der Waals surface area contributed by atoms with Crippen LogP contribution in [0.5, 0.6) is 0 Å². The molecule has 0 aromatic heterocycles. The predicted molar refractivity (Wildman–Crippen MR) is 122 cm³/mol. The molecule has 0 amide bonds. The van der Waals surface area contributed by atoms with Crippen molar-refractivity contribution in [3.63, 3.8) is 0 Å². The molecule has 0 nitrogen and oxygen atoms in total. The minimum atomic E-state index is 1.28. The Labute approximate surface area is 176 Å². The van der Waals surface area contributed by atoms with Gasteiger partial charge in [-0.05, 0) is 60.4 Å². The second kappa shape index (κ2) is 8.72. The molecule has 0 spiro atoms. The Morgan fingerprint density at radius 2 is 0.714 bits per heavy atom. The third-order valence-electron chi connectivity index (χ3n) is 4.69. The molecule has 28 heavy (non-hydrogen) atoms. The summed E-state index contributed by atoms with van der Waals surface area (Å²) in [6.07, 6.45) is 0. The lowest BCUT2D eigenvalue weighted by atomic mass is 10.1. The van der Waals surface area contributed by atoms with E-state index >= 15 is 0 Å². The normalized spacial score (nSPS) is 10.8. The maximum absolute atomic E-state index is 2.23. The first-order valence-electron chi connectivity index (χ1n) is 9.38. The topological polar surface area (TPSA) is 0 Å². The van der Waals surface area contributed by atoms with Gasteiger partial charge in [-0.1, -0.05) is 96.3 Å². The molecule has 0 radical (unpaired) electrons. The van der Waals surface area contributed by atoms with Crippen molar-refractivity contribution in [2.75, 3.05) is 0 Å². The highest BCUT2D eigenvalue weighted by molar-refractivity contribution is 8.00. The SMILES string of the molecule is Cc1ccccc1Sc1ccccc1-c1ccccc1Sc1ccccc1C. The van der Waals surface area contributed by atoms with Crippen molar-refractivity contribution < 1.29 is 0 Å². The van der Waals surface area contributed by atoms with E-state index in [2.05, 4.69) is 111 Å². The van der Waals surface area contributed by atoms with Gasteiger partial charge in [-0.2, -0.15) is 0 Å². The molecule has 0 aliphatic rings. The van der Waals surface area contributed by atoms with Crippen molar-refractivity contribution in [1.29, 1.82) is 0 Å². The summed E-state index contributed by atoms with van der Waals surface area (Å²) in [7, 11) is 0. The minimum absolute atomic E-state index is 1.28. The molecular formula is C26H22S2. The van der Waals surface area contributed by atoms with Crippen molar-refractivity contribution in [2.45, 2.75) is 33.4 Å². The van der Waals surface area contributed by atoms with Gasteiger partial charge in [0.05, 0.1) is 0 Å². The third kappa shape index (κ3) is 4.19. The Kier molecular flexibility index (Phi) is 5.90. The molecule has 0 heterocycles. The first kappa shape index (κ1) is 18.9. The number of benzene rings is 4. The third-order valence-corrected chi connectivity index (χ3v) is 7.20. The van der Waals surface area contributed by atoms with Gasteiger partial charge >= 0.3 is 0 Å². The van der Waals surface area contributed by atoms with Gasteiger partial charge in [0.2, 0.25) is 0 Å². The highest BCUT2D eigenvalue weighted by atomic mass is 32.2. The maximum atomic E-state index is 2.23. The average Bonchev–Trinajstić information content (AvgIpc) is 2.72. The summed E-state index contributed by atoms with van der Waals surface area (Å²) in [5, 5.41) is 0. The van der Waals surface area contributed by atoms with Gasteiger partial charge in [0.1, 0.15) is 0 Å². The quantitative estimate of drug-likeness (QED) is 0.332. The minimum Gasteiger partial charge on any atom is -0.0892 e. The monoisotopic (exact) mass is 398 g/mol. The molecule has 0 fully saturated rings. The van der Waals surface area contributed by atoms with Crippen LogP contribution in [0, 0.1) is 13.8 Å². The van der Waals surface area contributed by atoms with Crippen LogP contribution in [0.4, 0.5) is 0 Å². The lowest BCUT2D eigenvalue weighted by Gasteiger charge is -2.15. The fraction of sp³-hybridized carbons (Fsp3) is 0.0769. The molecule has 4 aromatic rings. The number of hydrogen-bond donors (Lipinski definition) is 0. The molecule has 4 aromatic carbocycles. The summed E-state index contributed by atoms with van der Waals surface area (Å²) < 4.78 is 0. The second-order valence-corrected chi connectivity index (χ2v) is 8.89.